The maximum Gasteiger partial charge on any atom is 0.226 e. The number of thiazole rings is 1. The van der Waals surface area contributed by atoms with Gasteiger partial charge in [-0.25, -0.2) is 4.98 Å². The fraction of sp³-hybridized carbons (Fsp3) is 0.500. The molecule has 1 aliphatic carbocycles. The van der Waals surface area contributed by atoms with Crippen LogP contribution in [0.5, 0.6) is 5.75 Å². The van der Waals surface area contributed by atoms with Crippen molar-refractivity contribution in [1.82, 2.24) is 4.98 Å². The van der Waals surface area contributed by atoms with Gasteiger partial charge in [0.2, 0.25) is 5.91 Å². The van der Waals surface area contributed by atoms with Gasteiger partial charge in [-0.1, -0.05) is 17.8 Å². The van der Waals surface area contributed by atoms with Crippen molar-refractivity contribution >= 4 is 32.6 Å². The number of aromatic nitrogens is 1. The summed E-state index contributed by atoms with van der Waals surface area (Å²) in [6.07, 6.45) is 3.69. The minimum atomic E-state index is 0.00596. The molecule has 118 valence electrons. The van der Waals surface area contributed by atoms with Crippen molar-refractivity contribution in [2.75, 3.05) is 11.9 Å². The molecule has 0 aliphatic heterocycles. The first kappa shape index (κ1) is 15.2. The number of hydrogen-bond acceptors (Lipinski definition) is 5. The fourth-order valence-corrected chi connectivity index (χ4v) is 3.85. The number of nitrogens with one attached hydrogen (secondary N) is 1. The number of nitrogens with two attached hydrogens (primary N) is 1. The van der Waals surface area contributed by atoms with Gasteiger partial charge in [0.05, 0.1) is 16.8 Å². The minimum Gasteiger partial charge on any atom is -0.494 e. The number of fused-ring (bicyclic) bond motifs is 1. The monoisotopic (exact) mass is 319 g/mol. The van der Waals surface area contributed by atoms with E-state index in [2.05, 4.69) is 10.3 Å². The summed E-state index contributed by atoms with van der Waals surface area (Å²) in [5, 5.41) is 3.54. The van der Waals surface area contributed by atoms with Gasteiger partial charge in [-0.15, -0.1) is 0 Å². The molecule has 3 rings (SSSR count). The quantitative estimate of drug-likeness (QED) is 0.887. The van der Waals surface area contributed by atoms with E-state index in [-0.39, 0.29) is 11.9 Å². The molecule has 2 atom stereocenters. The number of nitrogens with zero attached hydrogens (tertiary/aromatic N) is 1. The molecule has 0 bridgehead atoms. The Hall–Kier alpha value is -1.66. The molecule has 0 spiro atoms. The zero-order valence-electron chi connectivity index (χ0n) is 12.7. The lowest BCUT2D eigenvalue weighted by molar-refractivity contribution is -0.117. The maximum absolute atomic E-state index is 12.1. The number of benzene rings is 1. The van der Waals surface area contributed by atoms with E-state index in [1.54, 1.807) is 0 Å². The molecule has 6 heteroatoms. The lowest BCUT2D eigenvalue weighted by atomic mass is 10.00. The second kappa shape index (κ2) is 6.62. The molecule has 1 aromatic carbocycles. The number of carbonyl (C=O) groups excluding carboxylic acids is 1. The smallest absolute Gasteiger partial charge is 0.226 e. The normalized spacial score (nSPS) is 21.2. The molecule has 1 saturated carbocycles. The first-order chi connectivity index (χ1) is 10.7. The van der Waals surface area contributed by atoms with Crippen LogP contribution in [-0.4, -0.2) is 23.5 Å². The highest BCUT2D eigenvalue weighted by molar-refractivity contribution is 7.22. The summed E-state index contributed by atoms with van der Waals surface area (Å²) in [7, 11) is 0. The Labute approximate surface area is 133 Å². The fourth-order valence-electron chi connectivity index (χ4n) is 2.94. The topological polar surface area (TPSA) is 77.2 Å². The molecule has 5 nitrogen and oxygen atoms in total. The van der Waals surface area contributed by atoms with E-state index in [1.165, 1.54) is 11.3 Å². The molecule has 1 aliphatic rings. The van der Waals surface area contributed by atoms with Gasteiger partial charge in [-0.05, 0) is 43.9 Å². The molecule has 1 fully saturated rings. The second-order valence-corrected chi connectivity index (χ2v) is 6.72. The van der Waals surface area contributed by atoms with E-state index in [0.29, 0.717) is 24.1 Å². The zero-order valence-corrected chi connectivity index (χ0v) is 13.5. The van der Waals surface area contributed by atoms with Gasteiger partial charge < -0.3 is 15.8 Å². The van der Waals surface area contributed by atoms with E-state index in [1.807, 2.05) is 25.1 Å². The van der Waals surface area contributed by atoms with Crippen LogP contribution in [0, 0.1) is 5.92 Å². The highest BCUT2D eigenvalue weighted by atomic mass is 32.1. The number of hydrogen-bond donors (Lipinski definition) is 2. The lowest BCUT2D eigenvalue weighted by Gasteiger charge is -2.13. The number of anilines is 1. The molecular weight excluding hydrogens is 298 g/mol. The van der Waals surface area contributed by atoms with Crippen LogP contribution in [-0.2, 0) is 4.79 Å². The molecule has 22 heavy (non-hydrogen) atoms. The summed E-state index contributed by atoms with van der Waals surface area (Å²) in [6.45, 7) is 2.59. The number of amides is 1. The summed E-state index contributed by atoms with van der Waals surface area (Å²) < 4.78 is 6.50. The lowest BCUT2D eigenvalue weighted by Crippen LogP contribution is -2.28. The van der Waals surface area contributed by atoms with Crippen molar-refractivity contribution in [1.29, 1.82) is 0 Å². The van der Waals surface area contributed by atoms with Gasteiger partial charge in [0.25, 0.3) is 0 Å². The van der Waals surface area contributed by atoms with Crippen LogP contribution in [0.25, 0.3) is 10.2 Å². The Kier molecular flexibility index (Phi) is 4.59. The highest BCUT2D eigenvalue weighted by Crippen LogP contribution is 2.30. The van der Waals surface area contributed by atoms with Crippen LogP contribution >= 0.6 is 11.3 Å². The van der Waals surface area contributed by atoms with Gasteiger partial charge >= 0.3 is 0 Å². The molecule has 0 unspecified atom stereocenters. The molecular formula is C16H21N3O2S. The standard InChI is InChI=1S/C16H21N3O2S/c1-2-21-11-6-7-13-14(9-11)22-16(18-13)19-15(20)8-10-4-3-5-12(10)17/h6-7,9-10,12H,2-5,8,17H2,1H3,(H,18,19,20)/t10-,12+/m0/s1. The average Bonchev–Trinajstić information content (AvgIpc) is 3.05. The van der Waals surface area contributed by atoms with Crippen LogP contribution < -0.4 is 15.8 Å². The molecule has 2 aromatic rings. The van der Waals surface area contributed by atoms with E-state index in [9.17, 15) is 4.79 Å². The molecule has 0 saturated heterocycles. The number of rotatable bonds is 5. The van der Waals surface area contributed by atoms with Crippen LogP contribution in [0.2, 0.25) is 0 Å². The summed E-state index contributed by atoms with van der Waals surface area (Å²) >= 11 is 1.47. The van der Waals surface area contributed by atoms with Gasteiger partial charge in [-0.3, -0.25) is 4.79 Å². The van der Waals surface area contributed by atoms with Crippen molar-refractivity contribution < 1.29 is 9.53 Å². The van der Waals surface area contributed by atoms with E-state index in [0.717, 1.165) is 35.2 Å². The van der Waals surface area contributed by atoms with E-state index >= 15 is 0 Å². The zero-order chi connectivity index (χ0) is 15.5. The van der Waals surface area contributed by atoms with Crippen molar-refractivity contribution in [3.63, 3.8) is 0 Å². The first-order valence-corrected chi connectivity index (χ1v) is 8.56. The number of ether oxygens (including phenoxy) is 1. The Morgan fingerprint density at radius 3 is 3.09 bits per heavy atom. The van der Waals surface area contributed by atoms with Gasteiger partial charge in [-0.2, -0.15) is 0 Å². The van der Waals surface area contributed by atoms with Gasteiger partial charge in [0.1, 0.15) is 5.75 Å². The average molecular weight is 319 g/mol. The first-order valence-electron chi connectivity index (χ1n) is 7.74. The minimum absolute atomic E-state index is 0.00596. The van der Waals surface area contributed by atoms with Crippen molar-refractivity contribution in [3.8, 4) is 5.75 Å². The summed E-state index contributed by atoms with van der Waals surface area (Å²) in [5.74, 6) is 1.14. The van der Waals surface area contributed by atoms with Crippen molar-refractivity contribution in [3.05, 3.63) is 18.2 Å². The third kappa shape index (κ3) is 3.39. The Morgan fingerprint density at radius 2 is 2.36 bits per heavy atom. The Balaban J connectivity index is 1.66. The Bertz CT molecular complexity index is 670. The van der Waals surface area contributed by atoms with Gasteiger partial charge in [0, 0.05) is 12.5 Å². The summed E-state index contributed by atoms with van der Waals surface area (Å²) in [5.41, 5.74) is 6.90. The van der Waals surface area contributed by atoms with Crippen LogP contribution in [0.15, 0.2) is 18.2 Å². The summed E-state index contributed by atoms with van der Waals surface area (Å²) in [4.78, 5) is 16.6. The van der Waals surface area contributed by atoms with Crippen molar-refractivity contribution in [2.24, 2.45) is 11.7 Å². The predicted molar refractivity (Wildman–Crippen MR) is 89.4 cm³/mol. The predicted octanol–water partition coefficient (Wildman–Crippen LogP) is 3.15. The third-order valence-corrected chi connectivity index (χ3v) is 5.02. The van der Waals surface area contributed by atoms with Crippen LogP contribution in [0.1, 0.15) is 32.6 Å². The van der Waals surface area contributed by atoms with Crippen molar-refractivity contribution in [2.45, 2.75) is 38.6 Å². The highest BCUT2D eigenvalue weighted by Gasteiger charge is 2.26. The van der Waals surface area contributed by atoms with Gasteiger partial charge in [0.15, 0.2) is 5.13 Å². The molecule has 1 aromatic heterocycles. The SMILES string of the molecule is CCOc1ccc2nc(NC(=O)C[C@@H]3CCC[C@H]3N)sc2c1. The maximum atomic E-state index is 12.1. The largest absolute Gasteiger partial charge is 0.494 e. The number of carbonyl (C=O) groups is 1. The third-order valence-electron chi connectivity index (χ3n) is 4.08. The molecule has 1 heterocycles. The van der Waals surface area contributed by atoms with Crippen LogP contribution in [0.4, 0.5) is 5.13 Å². The van der Waals surface area contributed by atoms with E-state index in [4.69, 9.17) is 10.5 Å². The second-order valence-electron chi connectivity index (χ2n) is 5.69. The molecule has 1 amide bonds. The van der Waals surface area contributed by atoms with E-state index < -0.39 is 0 Å². The molecule has 0 radical (unpaired) electrons. The summed E-state index contributed by atoms with van der Waals surface area (Å²) in [6, 6.07) is 5.93. The Morgan fingerprint density at radius 1 is 1.50 bits per heavy atom. The molecule has 3 N–H and O–H groups in total. The van der Waals surface area contributed by atoms with Crippen LogP contribution in [0.3, 0.4) is 0 Å².